The maximum atomic E-state index is 13.2. The Bertz CT molecular complexity index is 1010. The van der Waals surface area contributed by atoms with Crippen LogP contribution in [0.2, 0.25) is 0 Å². The average Bonchev–Trinajstić information content (AvgIpc) is 3.17. The van der Waals surface area contributed by atoms with E-state index in [0.29, 0.717) is 6.42 Å². The molecule has 4 heteroatoms. The quantitative estimate of drug-likeness (QED) is 0.658. The Morgan fingerprint density at radius 2 is 1.63 bits per heavy atom. The fourth-order valence-electron chi connectivity index (χ4n) is 4.12. The van der Waals surface area contributed by atoms with Crippen molar-refractivity contribution in [2.45, 2.75) is 24.8 Å². The largest absolute Gasteiger partial charge is 0.467 e. The molecule has 1 aromatic heterocycles. The number of benzene rings is 2. The molecule has 2 heterocycles. The molecule has 27 heavy (non-hydrogen) atoms. The summed E-state index contributed by atoms with van der Waals surface area (Å²) in [5, 5.41) is 7.05. The van der Waals surface area contributed by atoms with Gasteiger partial charge < -0.3 is 15.1 Å². The van der Waals surface area contributed by atoms with Crippen LogP contribution in [0.3, 0.4) is 0 Å². The van der Waals surface area contributed by atoms with Crippen LogP contribution in [0, 0.1) is 0 Å². The monoisotopic (exact) mass is 356 g/mol. The fraction of sp³-hybridized carbons (Fsp3) is 0.174. The normalized spacial score (nSPS) is 21.6. The Balaban J connectivity index is 1.61. The Labute approximate surface area is 157 Å². The smallest absolute Gasteiger partial charge is 0.163 e. The van der Waals surface area contributed by atoms with Crippen molar-refractivity contribution in [1.82, 2.24) is 0 Å². The summed E-state index contributed by atoms with van der Waals surface area (Å²) in [6, 6.07) is 21.8. The number of carbonyl (C=O) groups excluding carboxylic acids is 1. The van der Waals surface area contributed by atoms with Gasteiger partial charge in [-0.15, -0.1) is 0 Å². The molecule has 0 spiro atoms. The summed E-state index contributed by atoms with van der Waals surface area (Å²) >= 11 is 0. The van der Waals surface area contributed by atoms with Crippen molar-refractivity contribution >= 4 is 17.2 Å². The first-order valence-electron chi connectivity index (χ1n) is 9.27. The molecule has 1 aliphatic carbocycles. The maximum Gasteiger partial charge on any atom is 0.163 e. The highest BCUT2D eigenvalue weighted by atomic mass is 16.3. The lowest BCUT2D eigenvalue weighted by Gasteiger charge is -2.29. The van der Waals surface area contributed by atoms with Crippen LogP contribution >= 0.6 is 0 Å². The maximum absolute atomic E-state index is 13.2. The number of anilines is 2. The molecule has 2 aromatic carbocycles. The van der Waals surface area contributed by atoms with Crippen LogP contribution in [0.25, 0.3) is 0 Å². The SMILES string of the molecule is O=C1C[C@@H](c2ccccc2)CC2=C1[C@@H](c1ccco1)Nc1ccccc1N2. The summed E-state index contributed by atoms with van der Waals surface area (Å²) in [7, 11) is 0. The lowest BCUT2D eigenvalue weighted by Crippen LogP contribution is -2.26. The number of Topliss-reactive ketones (excluding diaryl/α,β-unsaturated/α-hetero) is 1. The van der Waals surface area contributed by atoms with Gasteiger partial charge in [-0.1, -0.05) is 42.5 Å². The van der Waals surface area contributed by atoms with Crippen LogP contribution in [0.4, 0.5) is 11.4 Å². The molecule has 0 amide bonds. The first-order chi connectivity index (χ1) is 13.3. The molecule has 2 N–H and O–H groups in total. The van der Waals surface area contributed by atoms with E-state index in [2.05, 4.69) is 22.8 Å². The van der Waals surface area contributed by atoms with Crippen LogP contribution in [0.5, 0.6) is 0 Å². The lowest BCUT2D eigenvalue weighted by atomic mass is 9.79. The van der Waals surface area contributed by atoms with E-state index in [1.807, 2.05) is 54.6 Å². The van der Waals surface area contributed by atoms with E-state index in [0.717, 1.165) is 34.8 Å². The predicted octanol–water partition coefficient (Wildman–Crippen LogP) is 5.26. The molecule has 2 aliphatic rings. The number of furan rings is 1. The van der Waals surface area contributed by atoms with E-state index in [1.54, 1.807) is 6.26 Å². The summed E-state index contributed by atoms with van der Waals surface area (Å²) in [6.07, 6.45) is 2.97. The van der Waals surface area contributed by atoms with Gasteiger partial charge in [-0.2, -0.15) is 0 Å². The van der Waals surface area contributed by atoms with E-state index >= 15 is 0 Å². The Morgan fingerprint density at radius 1 is 0.852 bits per heavy atom. The third-order valence-electron chi connectivity index (χ3n) is 5.41. The first-order valence-corrected chi connectivity index (χ1v) is 9.27. The molecule has 3 aromatic rings. The number of rotatable bonds is 2. The van der Waals surface area contributed by atoms with Crippen LogP contribution in [-0.2, 0) is 4.79 Å². The molecular formula is C23H20N2O2. The van der Waals surface area contributed by atoms with Crippen LogP contribution in [0.15, 0.2) is 88.7 Å². The molecule has 0 saturated carbocycles. The zero-order chi connectivity index (χ0) is 18.2. The number of allylic oxidation sites excluding steroid dienone is 1. The molecule has 0 unspecified atom stereocenters. The van der Waals surface area contributed by atoms with Gasteiger partial charge in [0, 0.05) is 17.7 Å². The number of nitrogens with one attached hydrogen (secondary N) is 2. The molecule has 2 atom stereocenters. The number of ketones is 1. The second-order valence-electron chi connectivity index (χ2n) is 7.09. The van der Waals surface area contributed by atoms with Gasteiger partial charge in [0.1, 0.15) is 11.8 Å². The fourth-order valence-corrected chi connectivity index (χ4v) is 4.12. The van der Waals surface area contributed by atoms with Gasteiger partial charge in [-0.05, 0) is 42.2 Å². The van der Waals surface area contributed by atoms with Gasteiger partial charge in [0.25, 0.3) is 0 Å². The van der Waals surface area contributed by atoms with E-state index in [1.165, 1.54) is 5.56 Å². The Hall–Kier alpha value is -3.27. The van der Waals surface area contributed by atoms with E-state index < -0.39 is 0 Å². The van der Waals surface area contributed by atoms with Gasteiger partial charge >= 0.3 is 0 Å². The van der Waals surface area contributed by atoms with Gasteiger partial charge in [0.2, 0.25) is 0 Å². The minimum atomic E-state index is -0.282. The van der Waals surface area contributed by atoms with Gasteiger partial charge in [-0.3, -0.25) is 4.79 Å². The highest BCUT2D eigenvalue weighted by Crippen LogP contribution is 2.44. The van der Waals surface area contributed by atoms with E-state index in [4.69, 9.17) is 4.42 Å². The minimum Gasteiger partial charge on any atom is -0.467 e. The Kier molecular flexibility index (Phi) is 3.82. The van der Waals surface area contributed by atoms with Crippen molar-refractivity contribution < 1.29 is 9.21 Å². The molecule has 4 nitrogen and oxygen atoms in total. The molecule has 1 aliphatic heterocycles. The van der Waals surface area contributed by atoms with Gasteiger partial charge in [-0.25, -0.2) is 0 Å². The number of hydrogen-bond acceptors (Lipinski definition) is 4. The first kappa shape index (κ1) is 15.9. The number of hydrogen-bond donors (Lipinski definition) is 2. The van der Waals surface area contributed by atoms with Crippen molar-refractivity contribution in [3.63, 3.8) is 0 Å². The van der Waals surface area contributed by atoms with Gasteiger partial charge in [0.15, 0.2) is 5.78 Å². The topological polar surface area (TPSA) is 54.3 Å². The third-order valence-corrected chi connectivity index (χ3v) is 5.41. The van der Waals surface area contributed by atoms with E-state index in [-0.39, 0.29) is 17.7 Å². The van der Waals surface area contributed by atoms with Crippen molar-refractivity contribution in [2.24, 2.45) is 0 Å². The highest BCUT2D eigenvalue weighted by molar-refractivity contribution is 6.01. The number of para-hydroxylation sites is 2. The van der Waals surface area contributed by atoms with Crippen molar-refractivity contribution in [3.05, 3.63) is 95.6 Å². The number of carbonyl (C=O) groups is 1. The second kappa shape index (κ2) is 6.47. The highest BCUT2D eigenvalue weighted by Gasteiger charge is 2.36. The van der Waals surface area contributed by atoms with E-state index in [9.17, 15) is 4.79 Å². The van der Waals surface area contributed by atoms with Crippen LogP contribution in [-0.4, -0.2) is 5.78 Å². The van der Waals surface area contributed by atoms with Crippen LogP contribution in [0.1, 0.15) is 36.1 Å². The molecular weight excluding hydrogens is 336 g/mol. The molecule has 0 radical (unpaired) electrons. The zero-order valence-corrected chi connectivity index (χ0v) is 14.8. The van der Waals surface area contributed by atoms with Crippen molar-refractivity contribution in [1.29, 1.82) is 0 Å². The second-order valence-corrected chi connectivity index (χ2v) is 7.09. The summed E-state index contributed by atoms with van der Waals surface area (Å²) in [5.41, 5.74) is 4.93. The summed E-state index contributed by atoms with van der Waals surface area (Å²) in [6.45, 7) is 0. The molecule has 0 saturated heterocycles. The van der Waals surface area contributed by atoms with Crippen LogP contribution < -0.4 is 10.6 Å². The molecule has 0 bridgehead atoms. The Morgan fingerprint density at radius 3 is 2.41 bits per heavy atom. The molecule has 0 fully saturated rings. The molecule has 5 rings (SSSR count). The zero-order valence-electron chi connectivity index (χ0n) is 14.8. The number of fused-ring (bicyclic) bond motifs is 1. The minimum absolute atomic E-state index is 0.166. The molecule has 134 valence electrons. The van der Waals surface area contributed by atoms with Crippen molar-refractivity contribution in [2.75, 3.05) is 10.6 Å². The summed E-state index contributed by atoms with van der Waals surface area (Å²) < 4.78 is 5.68. The standard InChI is InChI=1S/C23H20N2O2/c26-20-14-16(15-7-2-1-3-8-15)13-19-22(20)23(21-11-6-12-27-21)25-18-10-5-4-9-17(18)24-19/h1-12,16,23-25H,13-14H2/t16-,23+/m0/s1. The summed E-state index contributed by atoms with van der Waals surface area (Å²) in [5.74, 6) is 1.11. The average molecular weight is 356 g/mol. The lowest BCUT2D eigenvalue weighted by molar-refractivity contribution is -0.116. The summed E-state index contributed by atoms with van der Waals surface area (Å²) in [4.78, 5) is 13.2. The predicted molar refractivity (Wildman–Crippen MR) is 106 cm³/mol. The van der Waals surface area contributed by atoms with Gasteiger partial charge in [0.05, 0.1) is 17.6 Å². The van der Waals surface area contributed by atoms with Crippen molar-refractivity contribution in [3.8, 4) is 0 Å². The third kappa shape index (κ3) is 2.83.